The van der Waals surface area contributed by atoms with Crippen LogP contribution in [0.1, 0.15) is 24.2 Å². The number of methoxy groups -OCH3 is 2. The number of aromatic nitrogens is 1. The maximum absolute atomic E-state index is 13.5. The minimum Gasteiger partial charge on any atom is -0.493 e. The first-order valence-corrected chi connectivity index (χ1v) is 13.1. The average molecular weight is 496 g/mol. The average Bonchev–Trinajstić information content (AvgIpc) is 3.16. The molecule has 9 heteroatoms. The molecular weight excluding hydrogens is 466 g/mol. The van der Waals surface area contributed by atoms with E-state index in [2.05, 4.69) is 28.9 Å². The van der Waals surface area contributed by atoms with Crippen LogP contribution in [-0.2, 0) is 16.6 Å². The van der Waals surface area contributed by atoms with E-state index in [0.717, 1.165) is 34.6 Å². The van der Waals surface area contributed by atoms with Crippen molar-refractivity contribution in [3.63, 3.8) is 0 Å². The van der Waals surface area contributed by atoms with Crippen molar-refractivity contribution >= 4 is 49.1 Å². The Labute approximate surface area is 205 Å². The molecule has 0 aliphatic rings. The quantitative estimate of drug-likeness (QED) is 0.377. The number of aryl methyl sites for hydroxylation is 1. The van der Waals surface area contributed by atoms with Crippen molar-refractivity contribution in [1.82, 2.24) is 4.57 Å². The van der Waals surface area contributed by atoms with Gasteiger partial charge in [0.25, 0.3) is 5.91 Å². The molecule has 3 aromatic carbocycles. The molecule has 0 saturated carbocycles. The van der Waals surface area contributed by atoms with E-state index in [-0.39, 0.29) is 17.8 Å². The Morgan fingerprint density at radius 2 is 1.60 bits per heavy atom. The SMILES string of the molecule is CCN(c1cc(OC)c(OC)cc1C(=O)Nc1ccc2c(c1)c1ccccc1n2CC)S(C)(=O)=O. The van der Waals surface area contributed by atoms with Gasteiger partial charge >= 0.3 is 0 Å². The number of nitrogens with zero attached hydrogens (tertiary/aromatic N) is 2. The van der Waals surface area contributed by atoms with Gasteiger partial charge in [0.2, 0.25) is 10.0 Å². The van der Waals surface area contributed by atoms with Crippen molar-refractivity contribution in [2.75, 3.05) is 36.6 Å². The van der Waals surface area contributed by atoms with Crippen molar-refractivity contribution in [1.29, 1.82) is 0 Å². The van der Waals surface area contributed by atoms with Gasteiger partial charge < -0.3 is 19.4 Å². The fourth-order valence-electron chi connectivity index (χ4n) is 4.51. The molecule has 0 saturated heterocycles. The van der Waals surface area contributed by atoms with E-state index in [4.69, 9.17) is 9.47 Å². The van der Waals surface area contributed by atoms with Crippen molar-refractivity contribution in [3.05, 3.63) is 60.2 Å². The van der Waals surface area contributed by atoms with Crippen LogP contribution in [-0.4, -0.2) is 45.9 Å². The lowest BCUT2D eigenvalue weighted by Crippen LogP contribution is -2.31. The van der Waals surface area contributed by atoms with Gasteiger partial charge in [-0.15, -0.1) is 0 Å². The van der Waals surface area contributed by atoms with Crippen LogP contribution >= 0.6 is 0 Å². The topological polar surface area (TPSA) is 89.9 Å². The van der Waals surface area contributed by atoms with E-state index >= 15 is 0 Å². The number of amides is 1. The molecule has 0 unspecified atom stereocenters. The summed E-state index contributed by atoms with van der Waals surface area (Å²) in [6.07, 6.45) is 1.10. The van der Waals surface area contributed by atoms with Crippen LogP contribution < -0.4 is 19.1 Å². The van der Waals surface area contributed by atoms with Crippen LogP contribution in [0.2, 0.25) is 0 Å². The molecule has 35 heavy (non-hydrogen) atoms. The van der Waals surface area contributed by atoms with Crippen molar-refractivity contribution in [2.24, 2.45) is 0 Å². The van der Waals surface area contributed by atoms with Crippen molar-refractivity contribution in [2.45, 2.75) is 20.4 Å². The minimum atomic E-state index is -3.64. The number of rotatable bonds is 8. The molecule has 8 nitrogen and oxygen atoms in total. The first-order valence-electron chi connectivity index (χ1n) is 11.3. The second-order valence-corrected chi connectivity index (χ2v) is 10.0. The van der Waals surface area contributed by atoms with Gasteiger partial charge in [0.15, 0.2) is 11.5 Å². The predicted molar refractivity (Wildman–Crippen MR) is 140 cm³/mol. The normalized spacial score (nSPS) is 11.6. The van der Waals surface area contributed by atoms with E-state index in [1.807, 2.05) is 30.3 Å². The fourth-order valence-corrected chi connectivity index (χ4v) is 5.49. The zero-order valence-corrected chi connectivity index (χ0v) is 21.3. The Hall–Kier alpha value is -3.72. The highest BCUT2D eigenvalue weighted by Gasteiger charge is 2.25. The van der Waals surface area contributed by atoms with Crippen molar-refractivity contribution < 1.29 is 22.7 Å². The lowest BCUT2D eigenvalue weighted by atomic mass is 10.1. The summed E-state index contributed by atoms with van der Waals surface area (Å²) >= 11 is 0. The molecule has 1 amide bonds. The third-order valence-corrected chi connectivity index (χ3v) is 7.30. The van der Waals surface area contributed by atoms with Gasteiger partial charge in [0.05, 0.1) is 31.7 Å². The number of carbonyl (C=O) groups excluding carboxylic acids is 1. The fraction of sp³-hybridized carbons (Fsp3) is 0.269. The predicted octanol–water partition coefficient (Wildman–Crippen LogP) is 4.87. The molecule has 4 aromatic rings. The van der Waals surface area contributed by atoms with Crippen LogP contribution in [0.4, 0.5) is 11.4 Å². The monoisotopic (exact) mass is 495 g/mol. The molecule has 0 bridgehead atoms. The molecule has 0 aliphatic heterocycles. The minimum absolute atomic E-state index is 0.150. The molecule has 1 aromatic heterocycles. The number of benzene rings is 3. The second kappa shape index (κ2) is 9.50. The van der Waals surface area contributed by atoms with Gasteiger partial charge in [-0.1, -0.05) is 18.2 Å². The Morgan fingerprint density at radius 3 is 2.23 bits per heavy atom. The van der Waals surface area contributed by atoms with E-state index in [1.165, 1.54) is 30.7 Å². The van der Waals surface area contributed by atoms with Gasteiger partial charge in [-0.2, -0.15) is 0 Å². The van der Waals surface area contributed by atoms with Gasteiger partial charge in [-0.25, -0.2) is 8.42 Å². The van der Waals surface area contributed by atoms with Crippen LogP contribution in [0.15, 0.2) is 54.6 Å². The molecule has 0 aliphatic carbocycles. The second-order valence-electron chi connectivity index (χ2n) is 8.10. The number of sulfonamides is 1. The highest BCUT2D eigenvalue weighted by molar-refractivity contribution is 7.92. The molecular formula is C26H29N3O5S. The van der Waals surface area contributed by atoms with Gasteiger partial charge in [0, 0.05) is 46.6 Å². The number of anilines is 2. The van der Waals surface area contributed by atoms with Gasteiger partial charge in [0.1, 0.15) is 0 Å². The molecule has 0 radical (unpaired) electrons. The molecule has 1 heterocycles. The number of nitrogens with one attached hydrogen (secondary N) is 1. The number of hydrogen-bond donors (Lipinski definition) is 1. The third-order valence-electron chi connectivity index (χ3n) is 6.05. The Kier molecular flexibility index (Phi) is 6.62. The summed E-state index contributed by atoms with van der Waals surface area (Å²) in [5, 5.41) is 5.06. The van der Waals surface area contributed by atoms with Crippen LogP contribution in [0.25, 0.3) is 21.8 Å². The third kappa shape index (κ3) is 4.39. The maximum atomic E-state index is 13.5. The number of hydrogen-bond acceptors (Lipinski definition) is 5. The zero-order valence-electron chi connectivity index (χ0n) is 20.5. The summed E-state index contributed by atoms with van der Waals surface area (Å²) in [6.45, 7) is 4.78. The van der Waals surface area contributed by atoms with Crippen LogP contribution in [0, 0.1) is 0 Å². The smallest absolute Gasteiger partial charge is 0.257 e. The highest BCUT2D eigenvalue weighted by atomic mass is 32.2. The molecule has 184 valence electrons. The lowest BCUT2D eigenvalue weighted by molar-refractivity contribution is 0.102. The Bertz CT molecular complexity index is 1530. The van der Waals surface area contributed by atoms with E-state index in [1.54, 1.807) is 6.92 Å². The van der Waals surface area contributed by atoms with Crippen LogP contribution in [0.5, 0.6) is 11.5 Å². The molecule has 1 N–H and O–H groups in total. The number of fused-ring (bicyclic) bond motifs is 3. The largest absolute Gasteiger partial charge is 0.493 e. The standard InChI is InChI=1S/C26H29N3O5S/c1-6-28-21-11-9-8-10-18(21)19-14-17(12-13-22(19)28)27-26(30)20-15-24(33-3)25(34-4)16-23(20)29(7-2)35(5,31)32/h8-16H,6-7H2,1-5H3,(H,27,30). The summed E-state index contributed by atoms with van der Waals surface area (Å²) in [7, 11) is -0.719. The number of ether oxygens (including phenoxy) is 2. The van der Waals surface area contributed by atoms with Crippen LogP contribution in [0.3, 0.4) is 0 Å². The number of carbonyl (C=O) groups is 1. The lowest BCUT2D eigenvalue weighted by Gasteiger charge is -2.24. The maximum Gasteiger partial charge on any atom is 0.257 e. The van der Waals surface area contributed by atoms with E-state index in [9.17, 15) is 13.2 Å². The van der Waals surface area contributed by atoms with E-state index < -0.39 is 15.9 Å². The summed E-state index contributed by atoms with van der Waals surface area (Å²) in [6, 6.07) is 16.9. The first-order chi connectivity index (χ1) is 16.7. The summed E-state index contributed by atoms with van der Waals surface area (Å²) in [5.41, 5.74) is 3.18. The Balaban J connectivity index is 1.81. The molecule has 0 fully saturated rings. The van der Waals surface area contributed by atoms with Crippen molar-refractivity contribution in [3.8, 4) is 11.5 Å². The van der Waals surface area contributed by atoms with Gasteiger partial charge in [-0.05, 0) is 44.2 Å². The molecule has 0 atom stereocenters. The molecule has 4 rings (SSSR count). The van der Waals surface area contributed by atoms with E-state index in [0.29, 0.717) is 17.2 Å². The summed E-state index contributed by atoms with van der Waals surface area (Å²) in [4.78, 5) is 13.5. The summed E-state index contributed by atoms with van der Waals surface area (Å²) in [5.74, 6) is 0.198. The number of para-hydroxylation sites is 1. The highest BCUT2D eigenvalue weighted by Crippen LogP contribution is 2.37. The summed E-state index contributed by atoms with van der Waals surface area (Å²) < 4.78 is 39.1. The van der Waals surface area contributed by atoms with Gasteiger partial charge in [-0.3, -0.25) is 9.10 Å². The Morgan fingerprint density at radius 1 is 0.943 bits per heavy atom. The zero-order chi connectivity index (χ0) is 25.3. The molecule has 0 spiro atoms. The first kappa shape index (κ1) is 24.4.